The first-order valence-corrected chi connectivity index (χ1v) is 8.71. The van der Waals surface area contributed by atoms with E-state index in [1.54, 1.807) is 12.1 Å². The lowest BCUT2D eigenvalue weighted by Gasteiger charge is -2.24. The highest BCUT2D eigenvalue weighted by atomic mass is 16.7. The number of aliphatic hydroxyl groups excluding tert-OH is 1. The molecule has 2 aromatic carbocycles. The van der Waals surface area contributed by atoms with Gasteiger partial charge in [0, 0.05) is 19.2 Å². The minimum atomic E-state index is -0.724. The van der Waals surface area contributed by atoms with E-state index in [1.807, 2.05) is 25.1 Å². The van der Waals surface area contributed by atoms with Gasteiger partial charge in [0.25, 0.3) is 5.69 Å². The fourth-order valence-electron chi connectivity index (χ4n) is 2.83. The Balaban J connectivity index is 1.51. The summed E-state index contributed by atoms with van der Waals surface area (Å²) < 4.78 is 16.2. The second-order valence-electron chi connectivity index (χ2n) is 6.23. The van der Waals surface area contributed by atoms with Crippen LogP contribution in [0.2, 0.25) is 0 Å². The highest BCUT2D eigenvalue weighted by Crippen LogP contribution is 2.32. The van der Waals surface area contributed by atoms with Gasteiger partial charge in [-0.3, -0.25) is 15.0 Å². The fraction of sp³-hybridized carbons (Fsp3) is 0.368. The van der Waals surface area contributed by atoms with E-state index in [4.69, 9.17) is 14.2 Å². The van der Waals surface area contributed by atoms with Crippen molar-refractivity contribution in [1.29, 1.82) is 0 Å². The van der Waals surface area contributed by atoms with Crippen molar-refractivity contribution >= 4 is 5.69 Å². The van der Waals surface area contributed by atoms with Gasteiger partial charge in [0.05, 0.1) is 11.0 Å². The number of nitro groups is 1. The molecule has 8 nitrogen and oxygen atoms in total. The number of nitrogens with zero attached hydrogens (tertiary/aromatic N) is 2. The fourth-order valence-corrected chi connectivity index (χ4v) is 2.83. The summed E-state index contributed by atoms with van der Waals surface area (Å²) in [5, 5.41) is 21.1. The third-order valence-corrected chi connectivity index (χ3v) is 4.23. The summed E-state index contributed by atoms with van der Waals surface area (Å²) in [7, 11) is 0. The first-order chi connectivity index (χ1) is 13.0. The molecule has 1 atom stereocenters. The summed E-state index contributed by atoms with van der Waals surface area (Å²) in [4.78, 5) is 12.4. The molecule has 2 aromatic rings. The summed E-state index contributed by atoms with van der Waals surface area (Å²) in [6.45, 7) is 4.13. The molecular weight excluding hydrogens is 352 g/mol. The maximum Gasteiger partial charge on any atom is 0.273 e. The molecule has 8 heteroatoms. The summed E-state index contributed by atoms with van der Waals surface area (Å²) in [6, 6.07) is 11.7. The van der Waals surface area contributed by atoms with Crippen molar-refractivity contribution in [2.75, 3.05) is 26.5 Å². The van der Waals surface area contributed by atoms with E-state index < -0.39 is 11.0 Å². The number of fused-ring (bicyclic) bond motifs is 1. The number of likely N-dealkylation sites (N-methyl/N-ethyl adjacent to an activating group) is 1. The van der Waals surface area contributed by atoms with Crippen LogP contribution in [0.4, 0.5) is 5.69 Å². The largest absolute Gasteiger partial charge is 0.491 e. The predicted molar refractivity (Wildman–Crippen MR) is 98.1 cm³/mol. The summed E-state index contributed by atoms with van der Waals surface area (Å²) in [5.74, 6) is 1.84. The lowest BCUT2D eigenvalue weighted by molar-refractivity contribution is -0.384. The number of hydrogen-bond acceptors (Lipinski definition) is 7. The average Bonchev–Trinajstić information content (AvgIpc) is 3.14. The van der Waals surface area contributed by atoms with E-state index in [2.05, 4.69) is 4.90 Å². The topological polar surface area (TPSA) is 94.3 Å². The zero-order valence-electron chi connectivity index (χ0n) is 15.0. The smallest absolute Gasteiger partial charge is 0.273 e. The van der Waals surface area contributed by atoms with Crippen molar-refractivity contribution in [2.24, 2.45) is 0 Å². The van der Waals surface area contributed by atoms with Gasteiger partial charge in [-0.2, -0.15) is 0 Å². The van der Waals surface area contributed by atoms with Crippen molar-refractivity contribution in [2.45, 2.75) is 19.6 Å². The Kier molecular flexibility index (Phi) is 6.10. The lowest BCUT2D eigenvalue weighted by atomic mass is 10.2. The number of rotatable bonds is 9. The maximum absolute atomic E-state index is 10.8. The lowest BCUT2D eigenvalue weighted by Crippen LogP contribution is -2.35. The van der Waals surface area contributed by atoms with Crippen molar-refractivity contribution in [3.05, 3.63) is 58.1 Å². The molecule has 0 radical (unpaired) electrons. The minimum Gasteiger partial charge on any atom is -0.491 e. The third-order valence-electron chi connectivity index (χ3n) is 4.23. The van der Waals surface area contributed by atoms with E-state index in [-0.39, 0.29) is 19.1 Å². The Morgan fingerprint density at radius 1 is 1.26 bits per heavy atom. The van der Waals surface area contributed by atoms with E-state index in [9.17, 15) is 15.2 Å². The van der Waals surface area contributed by atoms with Crippen LogP contribution in [0.15, 0.2) is 42.5 Å². The van der Waals surface area contributed by atoms with Gasteiger partial charge in [0.15, 0.2) is 11.5 Å². The average molecular weight is 374 g/mol. The normalized spacial score (nSPS) is 13.6. The zero-order chi connectivity index (χ0) is 19.2. The van der Waals surface area contributed by atoms with Crippen LogP contribution in [0.5, 0.6) is 17.2 Å². The quantitative estimate of drug-likeness (QED) is 0.532. The minimum absolute atomic E-state index is 0.0417. The first kappa shape index (κ1) is 18.9. The van der Waals surface area contributed by atoms with Crippen LogP contribution in [0.1, 0.15) is 12.5 Å². The van der Waals surface area contributed by atoms with E-state index in [0.29, 0.717) is 18.8 Å². The van der Waals surface area contributed by atoms with Gasteiger partial charge in [-0.25, -0.2) is 0 Å². The predicted octanol–water partition coefficient (Wildman–Crippen LogP) is 2.59. The van der Waals surface area contributed by atoms with Crippen LogP contribution >= 0.6 is 0 Å². The molecule has 144 valence electrons. The zero-order valence-corrected chi connectivity index (χ0v) is 15.0. The number of aliphatic hydroxyl groups is 1. The van der Waals surface area contributed by atoms with Gasteiger partial charge in [-0.1, -0.05) is 19.1 Å². The monoisotopic (exact) mass is 374 g/mol. The van der Waals surface area contributed by atoms with Crippen LogP contribution in [0.3, 0.4) is 0 Å². The highest BCUT2D eigenvalue weighted by Gasteiger charge is 2.16. The van der Waals surface area contributed by atoms with Gasteiger partial charge in [0.2, 0.25) is 6.79 Å². The van der Waals surface area contributed by atoms with Crippen molar-refractivity contribution in [1.82, 2.24) is 4.90 Å². The molecule has 1 aliphatic heterocycles. The standard InChI is InChI=1S/C19H22N2O6/c1-2-20(10-14-6-7-18-19(8-14)27-13-26-18)11-16(22)12-25-17-5-3-4-15(9-17)21(23)24/h3-9,16,22H,2,10-13H2,1H3. The van der Waals surface area contributed by atoms with Crippen LogP contribution in [-0.2, 0) is 6.54 Å². The van der Waals surface area contributed by atoms with Crippen LogP contribution < -0.4 is 14.2 Å². The Labute approximate surface area is 157 Å². The molecule has 27 heavy (non-hydrogen) atoms. The van der Waals surface area contributed by atoms with Gasteiger partial charge in [-0.15, -0.1) is 0 Å². The third kappa shape index (κ3) is 5.08. The number of hydrogen-bond donors (Lipinski definition) is 1. The molecule has 0 fully saturated rings. The molecule has 0 saturated heterocycles. The van der Waals surface area contributed by atoms with Gasteiger partial charge in [-0.05, 0) is 30.3 Å². The SMILES string of the molecule is CCN(Cc1ccc2c(c1)OCO2)CC(O)COc1cccc([N+](=O)[O-])c1. The Morgan fingerprint density at radius 3 is 2.85 bits per heavy atom. The molecule has 1 heterocycles. The Morgan fingerprint density at radius 2 is 2.07 bits per heavy atom. The molecule has 3 rings (SSSR count). The van der Waals surface area contributed by atoms with Crippen LogP contribution in [0.25, 0.3) is 0 Å². The molecule has 0 amide bonds. The van der Waals surface area contributed by atoms with Crippen LogP contribution in [-0.4, -0.2) is 47.5 Å². The van der Waals surface area contributed by atoms with E-state index >= 15 is 0 Å². The first-order valence-electron chi connectivity index (χ1n) is 8.71. The summed E-state index contributed by atoms with van der Waals surface area (Å²) >= 11 is 0. The molecule has 0 spiro atoms. The van der Waals surface area contributed by atoms with Gasteiger partial charge in [0.1, 0.15) is 18.5 Å². The second-order valence-corrected chi connectivity index (χ2v) is 6.23. The molecule has 0 aliphatic carbocycles. The molecular formula is C19H22N2O6. The Hall–Kier alpha value is -2.84. The van der Waals surface area contributed by atoms with E-state index in [1.165, 1.54) is 12.1 Å². The molecule has 1 unspecified atom stereocenters. The van der Waals surface area contributed by atoms with E-state index in [0.717, 1.165) is 23.6 Å². The molecule has 1 N–H and O–H groups in total. The highest BCUT2D eigenvalue weighted by molar-refractivity contribution is 5.44. The van der Waals surface area contributed by atoms with Crippen LogP contribution in [0, 0.1) is 10.1 Å². The number of benzene rings is 2. The molecule has 1 aliphatic rings. The maximum atomic E-state index is 10.8. The second kappa shape index (κ2) is 8.70. The van der Waals surface area contributed by atoms with Gasteiger partial charge < -0.3 is 19.3 Å². The summed E-state index contributed by atoms with van der Waals surface area (Å²) in [5.41, 5.74) is 1.02. The molecule has 0 saturated carbocycles. The summed E-state index contributed by atoms with van der Waals surface area (Å²) in [6.07, 6.45) is -0.724. The van der Waals surface area contributed by atoms with Crippen molar-refractivity contribution in [3.63, 3.8) is 0 Å². The number of ether oxygens (including phenoxy) is 3. The molecule has 0 aromatic heterocycles. The number of non-ortho nitro benzene ring substituents is 1. The van der Waals surface area contributed by atoms with Crippen molar-refractivity contribution in [3.8, 4) is 17.2 Å². The molecule has 0 bridgehead atoms. The number of nitro benzene ring substituents is 1. The van der Waals surface area contributed by atoms with Crippen molar-refractivity contribution < 1.29 is 24.2 Å². The van der Waals surface area contributed by atoms with Gasteiger partial charge >= 0.3 is 0 Å². The Bertz CT molecular complexity index is 798.